The number of oxime groups is 1. The van der Waals surface area contributed by atoms with Gasteiger partial charge in [0.05, 0.1) is 26.1 Å². The number of ether oxygens (including phenoxy) is 2. The number of hydrogen-bond donors (Lipinski definition) is 1. The number of carbonyl (C=O) groups is 1. The van der Waals surface area contributed by atoms with E-state index in [1.54, 1.807) is 55.8 Å². The van der Waals surface area contributed by atoms with Crippen molar-refractivity contribution in [1.29, 1.82) is 0 Å². The van der Waals surface area contributed by atoms with E-state index in [-0.39, 0.29) is 5.91 Å². The van der Waals surface area contributed by atoms with Gasteiger partial charge in [0.25, 0.3) is 5.91 Å². The van der Waals surface area contributed by atoms with E-state index in [4.69, 9.17) is 9.47 Å². The molecule has 6 nitrogen and oxygen atoms in total. The summed E-state index contributed by atoms with van der Waals surface area (Å²) in [5.74, 6) is 0.951. The molecule has 0 aliphatic rings. The number of anilines is 1. The summed E-state index contributed by atoms with van der Waals surface area (Å²) in [6.45, 7) is 0. The van der Waals surface area contributed by atoms with Crippen molar-refractivity contribution in [3.63, 3.8) is 0 Å². The van der Waals surface area contributed by atoms with Crippen LogP contribution in [0, 0.1) is 0 Å². The van der Waals surface area contributed by atoms with E-state index < -0.39 is 0 Å². The van der Waals surface area contributed by atoms with Gasteiger partial charge in [-0.3, -0.25) is 4.79 Å². The summed E-state index contributed by atoms with van der Waals surface area (Å²) >= 11 is 0. The van der Waals surface area contributed by atoms with Gasteiger partial charge in [0, 0.05) is 11.6 Å². The van der Waals surface area contributed by atoms with E-state index in [1.807, 2.05) is 0 Å². The summed E-state index contributed by atoms with van der Waals surface area (Å²) in [5.41, 5.74) is 1.94. The molecule has 120 valence electrons. The predicted octanol–water partition coefficient (Wildman–Crippen LogP) is 2.94. The number of amides is 1. The van der Waals surface area contributed by atoms with Gasteiger partial charge in [-0.15, -0.1) is 0 Å². The highest BCUT2D eigenvalue weighted by Crippen LogP contribution is 2.29. The summed E-state index contributed by atoms with van der Waals surface area (Å²) < 4.78 is 10.4. The van der Waals surface area contributed by atoms with Crippen molar-refractivity contribution in [2.75, 3.05) is 26.6 Å². The maximum Gasteiger partial charge on any atom is 0.255 e. The number of carbonyl (C=O) groups excluding carboxylic acids is 1. The standard InChI is InChI=1S/C17H18N2O4/c1-21-14-8-9-15(16(10-14)22-2)19-17(20)13-6-4-12(5-7-13)11-18-23-3/h4-11H,1-3H3,(H,19,20)/b18-11+. The first-order valence-corrected chi connectivity index (χ1v) is 6.88. The largest absolute Gasteiger partial charge is 0.497 e. The summed E-state index contributed by atoms with van der Waals surface area (Å²) in [6.07, 6.45) is 1.56. The first-order valence-electron chi connectivity index (χ1n) is 6.88. The normalized spacial score (nSPS) is 10.4. The monoisotopic (exact) mass is 314 g/mol. The average molecular weight is 314 g/mol. The van der Waals surface area contributed by atoms with Crippen LogP contribution in [0.25, 0.3) is 0 Å². The first kappa shape index (κ1) is 16.4. The molecule has 0 unspecified atom stereocenters. The molecule has 23 heavy (non-hydrogen) atoms. The molecule has 2 aromatic carbocycles. The van der Waals surface area contributed by atoms with Gasteiger partial charge in [-0.05, 0) is 29.8 Å². The molecule has 1 N–H and O–H groups in total. The van der Waals surface area contributed by atoms with Crippen LogP contribution in [0.5, 0.6) is 11.5 Å². The molecule has 0 saturated carbocycles. The summed E-state index contributed by atoms with van der Waals surface area (Å²) in [5, 5.41) is 6.48. The zero-order valence-corrected chi connectivity index (χ0v) is 13.2. The second-order valence-corrected chi connectivity index (χ2v) is 4.56. The third kappa shape index (κ3) is 4.23. The number of benzene rings is 2. The smallest absolute Gasteiger partial charge is 0.255 e. The molecule has 0 heterocycles. The van der Waals surface area contributed by atoms with Gasteiger partial charge in [-0.2, -0.15) is 0 Å². The molecule has 2 aromatic rings. The third-order valence-electron chi connectivity index (χ3n) is 3.14. The second kappa shape index (κ2) is 7.84. The summed E-state index contributed by atoms with van der Waals surface area (Å²) in [6, 6.07) is 12.2. The van der Waals surface area contributed by atoms with Crippen molar-refractivity contribution in [3.05, 3.63) is 53.6 Å². The lowest BCUT2D eigenvalue weighted by Gasteiger charge is -2.11. The molecule has 0 spiro atoms. The molecular formula is C17H18N2O4. The molecule has 0 aromatic heterocycles. The lowest BCUT2D eigenvalue weighted by molar-refractivity contribution is 0.102. The van der Waals surface area contributed by atoms with Crippen LogP contribution in [-0.2, 0) is 4.84 Å². The van der Waals surface area contributed by atoms with Crippen molar-refractivity contribution in [3.8, 4) is 11.5 Å². The second-order valence-electron chi connectivity index (χ2n) is 4.56. The molecular weight excluding hydrogens is 296 g/mol. The highest BCUT2D eigenvalue weighted by molar-refractivity contribution is 6.05. The molecule has 1 amide bonds. The van der Waals surface area contributed by atoms with Crippen molar-refractivity contribution in [2.45, 2.75) is 0 Å². The van der Waals surface area contributed by atoms with Gasteiger partial charge < -0.3 is 19.6 Å². The Hall–Kier alpha value is -3.02. The third-order valence-corrected chi connectivity index (χ3v) is 3.14. The minimum Gasteiger partial charge on any atom is -0.497 e. The van der Waals surface area contributed by atoms with Crippen LogP contribution < -0.4 is 14.8 Å². The molecule has 0 fully saturated rings. The Balaban J connectivity index is 2.14. The lowest BCUT2D eigenvalue weighted by atomic mass is 10.1. The molecule has 0 bridgehead atoms. The SMILES string of the molecule is CO/N=C/c1ccc(C(=O)Nc2ccc(OC)cc2OC)cc1. The minimum absolute atomic E-state index is 0.233. The fourth-order valence-electron chi connectivity index (χ4n) is 1.93. The van der Waals surface area contributed by atoms with Gasteiger partial charge in [0.1, 0.15) is 18.6 Å². The molecule has 0 saturated heterocycles. The Labute approximate surface area is 134 Å². The van der Waals surface area contributed by atoms with Gasteiger partial charge in [0.2, 0.25) is 0 Å². The van der Waals surface area contributed by atoms with Crippen LogP contribution in [0.4, 0.5) is 5.69 Å². The Kier molecular flexibility index (Phi) is 5.57. The first-order chi connectivity index (χ1) is 11.2. The number of methoxy groups -OCH3 is 2. The van der Waals surface area contributed by atoms with E-state index in [9.17, 15) is 4.79 Å². The highest BCUT2D eigenvalue weighted by atomic mass is 16.6. The van der Waals surface area contributed by atoms with Crippen LogP contribution in [0.1, 0.15) is 15.9 Å². The van der Waals surface area contributed by atoms with Gasteiger partial charge in [-0.1, -0.05) is 17.3 Å². The van der Waals surface area contributed by atoms with E-state index >= 15 is 0 Å². The Morgan fingerprint density at radius 2 is 1.78 bits per heavy atom. The van der Waals surface area contributed by atoms with Crippen LogP contribution in [0.3, 0.4) is 0 Å². The van der Waals surface area contributed by atoms with Crippen LogP contribution >= 0.6 is 0 Å². The van der Waals surface area contributed by atoms with Gasteiger partial charge in [-0.25, -0.2) is 0 Å². The molecule has 2 rings (SSSR count). The van der Waals surface area contributed by atoms with E-state index in [0.29, 0.717) is 22.7 Å². The average Bonchev–Trinajstić information content (AvgIpc) is 2.60. The Morgan fingerprint density at radius 1 is 1.04 bits per heavy atom. The number of rotatable bonds is 6. The topological polar surface area (TPSA) is 69.2 Å². The zero-order chi connectivity index (χ0) is 16.7. The maximum absolute atomic E-state index is 12.3. The summed E-state index contributed by atoms with van der Waals surface area (Å²) in [4.78, 5) is 16.9. The fourth-order valence-corrected chi connectivity index (χ4v) is 1.93. The van der Waals surface area contributed by atoms with Gasteiger partial charge in [0.15, 0.2) is 0 Å². The van der Waals surface area contributed by atoms with Gasteiger partial charge >= 0.3 is 0 Å². The number of hydrogen-bond acceptors (Lipinski definition) is 5. The van der Waals surface area contributed by atoms with E-state index in [2.05, 4.69) is 15.3 Å². The molecule has 0 aliphatic carbocycles. The highest BCUT2D eigenvalue weighted by Gasteiger charge is 2.10. The molecule has 6 heteroatoms. The summed E-state index contributed by atoms with van der Waals surface area (Å²) in [7, 11) is 4.58. The van der Waals surface area contributed by atoms with Crippen LogP contribution in [-0.4, -0.2) is 33.5 Å². The van der Waals surface area contributed by atoms with E-state index in [1.165, 1.54) is 14.2 Å². The van der Waals surface area contributed by atoms with Crippen molar-refractivity contribution in [2.24, 2.45) is 5.16 Å². The molecule has 0 aliphatic heterocycles. The quantitative estimate of drug-likeness (QED) is 0.657. The zero-order valence-electron chi connectivity index (χ0n) is 13.2. The van der Waals surface area contributed by atoms with Crippen molar-refractivity contribution < 1.29 is 19.1 Å². The lowest BCUT2D eigenvalue weighted by Crippen LogP contribution is -2.12. The Morgan fingerprint density at radius 3 is 2.39 bits per heavy atom. The maximum atomic E-state index is 12.3. The van der Waals surface area contributed by atoms with Crippen molar-refractivity contribution in [1.82, 2.24) is 0 Å². The minimum atomic E-state index is -0.233. The predicted molar refractivity (Wildman–Crippen MR) is 88.5 cm³/mol. The van der Waals surface area contributed by atoms with E-state index in [0.717, 1.165) is 5.56 Å². The number of nitrogens with one attached hydrogen (secondary N) is 1. The van der Waals surface area contributed by atoms with Crippen LogP contribution in [0.15, 0.2) is 47.6 Å². The fraction of sp³-hybridized carbons (Fsp3) is 0.176. The molecule has 0 radical (unpaired) electrons. The molecule has 0 atom stereocenters. The number of nitrogens with zero attached hydrogens (tertiary/aromatic N) is 1. The Bertz CT molecular complexity index is 696. The van der Waals surface area contributed by atoms with Crippen molar-refractivity contribution >= 4 is 17.8 Å². The van der Waals surface area contributed by atoms with Crippen LogP contribution in [0.2, 0.25) is 0 Å².